The van der Waals surface area contributed by atoms with Gasteiger partial charge >= 0.3 is 0 Å². The maximum absolute atomic E-state index is 9.45. The lowest BCUT2D eigenvalue weighted by molar-refractivity contribution is -0.671. The van der Waals surface area contributed by atoms with Gasteiger partial charge in [0, 0.05) is 6.61 Å². The summed E-state index contributed by atoms with van der Waals surface area (Å²) in [5.74, 6) is 0. The second-order valence-electron chi connectivity index (χ2n) is 2.59. The highest BCUT2D eigenvalue weighted by Crippen LogP contribution is 2.05. The first kappa shape index (κ1) is 13.4. The highest BCUT2D eigenvalue weighted by atomic mass is 31.1. The van der Waals surface area contributed by atoms with E-state index in [1.165, 1.54) is 0 Å². The molecule has 0 spiro atoms. The first-order valence-electron chi connectivity index (χ1n) is 4.44. The Bertz CT molecular complexity index is 275. The Hall–Kier alpha value is -0.640. The Morgan fingerprint density at radius 2 is 2.21 bits per heavy atom. The third-order valence-corrected chi connectivity index (χ3v) is 1.98. The first-order chi connectivity index (χ1) is 6.60. The molecule has 0 aliphatic carbocycles. The Kier molecular flexibility index (Phi) is 7.38. The van der Waals surface area contributed by atoms with E-state index in [0.717, 1.165) is 6.54 Å². The predicted molar refractivity (Wildman–Crippen MR) is 51.9 cm³/mol. The van der Waals surface area contributed by atoms with Crippen LogP contribution in [0.5, 0.6) is 0 Å². The van der Waals surface area contributed by atoms with Gasteiger partial charge in [-0.05, 0) is 13.8 Å². The molecule has 14 heavy (non-hydrogen) atoms. The smallest absolute Gasteiger partial charge is 0.243 e. The molecule has 5 nitrogen and oxygen atoms in total. The number of rotatable bonds is 3. The van der Waals surface area contributed by atoms with E-state index in [2.05, 4.69) is 28.5 Å². The second kappa shape index (κ2) is 7.74. The van der Waals surface area contributed by atoms with E-state index in [-0.39, 0.29) is 6.61 Å². The van der Waals surface area contributed by atoms with Crippen LogP contribution in [0, 0.1) is 0 Å². The van der Waals surface area contributed by atoms with E-state index < -0.39 is 8.25 Å². The molecule has 1 heterocycles. The minimum absolute atomic E-state index is 0.251. The van der Waals surface area contributed by atoms with Crippen molar-refractivity contribution in [2.24, 2.45) is 7.05 Å². The molecule has 1 unspecified atom stereocenters. The molecule has 0 saturated carbocycles. The lowest BCUT2D eigenvalue weighted by Gasteiger charge is -1.99. The van der Waals surface area contributed by atoms with Crippen molar-refractivity contribution >= 4 is 8.25 Å². The van der Waals surface area contributed by atoms with E-state index in [4.69, 9.17) is 0 Å². The van der Waals surface area contributed by atoms with Gasteiger partial charge in [0.05, 0.1) is 13.6 Å². The number of aryl methyl sites for hydroxylation is 2. The largest absolute Gasteiger partial charge is 0.781 e. The highest BCUT2D eigenvalue weighted by molar-refractivity contribution is 7.30. The Morgan fingerprint density at radius 3 is 2.36 bits per heavy atom. The third-order valence-electron chi connectivity index (χ3n) is 1.45. The fourth-order valence-electron chi connectivity index (χ4n) is 0.807. The van der Waals surface area contributed by atoms with Gasteiger partial charge in [0.25, 0.3) is 0 Å². The minimum atomic E-state index is -2.89. The summed E-state index contributed by atoms with van der Waals surface area (Å²) in [5.41, 5.74) is 0. The van der Waals surface area contributed by atoms with Crippen molar-refractivity contribution in [1.82, 2.24) is 4.57 Å². The van der Waals surface area contributed by atoms with E-state index in [1.807, 2.05) is 17.8 Å². The lowest BCUT2D eigenvalue weighted by Crippen LogP contribution is -2.23. The van der Waals surface area contributed by atoms with Crippen molar-refractivity contribution in [3.8, 4) is 0 Å². The SMILES string of the molecule is CCO[PH](=O)[O-].CCn1cc[n+](C)c1. The van der Waals surface area contributed by atoms with Crippen LogP contribution in [0.25, 0.3) is 0 Å². The zero-order valence-electron chi connectivity index (χ0n) is 8.77. The minimum Gasteiger partial charge on any atom is -0.781 e. The topological polar surface area (TPSA) is 58.2 Å². The van der Waals surface area contributed by atoms with Crippen LogP contribution in [-0.4, -0.2) is 11.2 Å². The Balaban J connectivity index is 0.000000255. The number of aromatic nitrogens is 2. The van der Waals surface area contributed by atoms with Gasteiger partial charge in [-0.25, -0.2) is 9.13 Å². The van der Waals surface area contributed by atoms with Crippen molar-refractivity contribution in [3.05, 3.63) is 18.7 Å². The molecule has 0 radical (unpaired) electrons. The van der Waals surface area contributed by atoms with Crippen LogP contribution in [0.15, 0.2) is 18.7 Å². The molecule has 0 amide bonds. The van der Waals surface area contributed by atoms with Crippen molar-refractivity contribution in [2.75, 3.05) is 6.61 Å². The molecule has 82 valence electrons. The van der Waals surface area contributed by atoms with Crippen LogP contribution in [-0.2, 0) is 22.7 Å². The normalized spacial score (nSPS) is 11.7. The van der Waals surface area contributed by atoms with Crippen LogP contribution >= 0.6 is 8.25 Å². The van der Waals surface area contributed by atoms with Crippen molar-refractivity contribution in [3.63, 3.8) is 0 Å². The summed E-state index contributed by atoms with van der Waals surface area (Å²) in [7, 11) is -0.866. The van der Waals surface area contributed by atoms with Crippen molar-refractivity contribution in [1.29, 1.82) is 0 Å². The summed E-state index contributed by atoms with van der Waals surface area (Å²) in [6, 6.07) is 0. The van der Waals surface area contributed by atoms with E-state index in [1.54, 1.807) is 6.92 Å². The molecular weight excluding hydrogens is 203 g/mol. The van der Waals surface area contributed by atoms with Crippen LogP contribution in [0.4, 0.5) is 0 Å². The van der Waals surface area contributed by atoms with Gasteiger partial charge < -0.3 is 14.0 Å². The van der Waals surface area contributed by atoms with Gasteiger partial charge in [-0.3, -0.25) is 0 Å². The van der Waals surface area contributed by atoms with Gasteiger partial charge in [0.2, 0.25) is 6.33 Å². The molecular formula is C8H17N2O3P. The van der Waals surface area contributed by atoms with Crippen molar-refractivity contribution in [2.45, 2.75) is 20.4 Å². The number of imidazole rings is 1. The van der Waals surface area contributed by atoms with Crippen LogP contribution in [0.3, 0.4) is 0 Å². The summed E-state index contributed by atoms with van der Waals surface area (Å²) in [6.07, 6.45) is 6.14. The van der Waals surface area contributed by atoms with Gasteiger partial charge in [0.15, 0.2) is 0 Å². The summed E-state index contributed by atoms with van der Waals surface area (Å²) in [4.78, 5) is 9.45. The van der Waals surface area contributed by atoms with E-state index in [9.17, 15) is 9.46 Å². The first-order valence-corrected chi connectivity index (χ1v) is 5.67. The molecule has 0 fully saturated rings. The van der Waals surface area contributed by atoms with Gasteiger partial charge in [-0.2, -0.15) is 0 Å². The molecule has 1 atom stereocenters. The fraction of sp³-hybridized carbons (Fsp3) is 0.625. The average Bonchev–Trinajstić information content (AvgIpc) is 2.52. The number of nitrogens with zero attached hydrogens (tertiary/aromatic N) is 2. The molecule has 1 aromatic rings. The Morgan fingerprint density at radius 1 is 1.57 bits per heavy atom. The summed E-state index contributed by atoms with van der Waals surface area (Å²) in [5, 5.41) is 0. The molecule has 0 aromatic carbocycles. The maximum Gasteiger partial charge on any atom is 0.243 e. The quantitative estimate of drug-likeness (QED) is 0.536. The summed E-state index contributed by atoms with van der Waals surface area (Å²) in [6.45, 7) is 5.06. The van der Waals surface area contributed by atoms with Crippen LogP contribution in [0.1, 0.15) is 13.8 Å². The molecule has 0 aliphatic heterocycles. The van der Waals surface area contributed by atoms with Gasteiger partial charge in [-0.1, -0.05) is 0 Å². The predicted octanol–water partition coefficient (Wildman–Crippen LogP) is 0.105. The molecule has 6 heteroatoms. The second-order valence-corrected chi connectivity index (χ2v) is 3.38. The molecule has 1 aromatic heterocycles. The fourth-order valence-corrected chi connectivity index (χ4v) is 1.04. The number of hydrogen-bond donors (Lipinski definition) is 0. The lowest BCUT2D eigenvalue weighted by atomic mass is 10.7. The zero-order chi connectivity index (χ0) is 11.0. The van der Waals surface area contributed by atoms with Crippen LogP contribution in [0.2, 0.25) is 0 Å². The molecule has 0 aliphatic rings. The average molecular weight is 220 g/mol. The van der Waals surface area contributed by atoms with Crippen LogP contribution < -0.4 is 9.46 Å². The van der Waals surface area contributed by atoms with Gasteiger partial charge in [-0.15, -0.1) is 0 Å². The standard InChI is InChI=1S/C6H11N2.C2H7O3P/c1-3-8-5-4-7(2)6-8;1-2-5-6(3)4/h4-6H,3H2,1-2H3;6H,2H2,1H3,(H,3,4)/q+1;/p-1. The molecule has 0 bridgehead atoms. The Labute approximate surface area is 84.9 Å². The van der Waals surface area contributed by atoms with E-state index >= 15 is 0 Å². The maximum atomic E-state index is 9.45. The zero-order valence-corrected chi connectivity index (χ0v) is 9.77. The highest BCUT2D eigenvalue weighted by Gasteiger charge is 1.92. The monoisotopic (exact) mass is 220 g/mol. The number of hydrogen-bond acceptors (Lipinski definition) is 3. The molecule has 0 N–H and O–H groups in total. The summed E-state index contributed by atoms with van der Waals surface area (Å²) < 4.78 is 17.6. The van der Waals surface area contributed by atoms with E-state index in [0.29, 0.717) is 0 Å². The van der Waals surface area contributed by atoms with Gasteiger partial charge in [0.1, 0.15) is 20.6 Å². The summed E-state index contributed by atoms with van der Waals surface area (Å²) >= 11 is 0. The molecule has 1 rings (SSSR count). The third kappa shape index (κ3) is 6.83. The van der Waals surface area contributed by atoms with Crippen molar-refractivity contribution < 1.29 is 18.5 Å². The molecule has 0 saturated heterocycles.